The van der Waals surface area contributed by atoms with E-state index in [1.54, 1.807) is 0 Å². The predicted molar refractivity (Wildman–Crippen MR) is 162 cm³/mol. The van der Waals surface area contributed by atoms with Crippen LogP contribution in [0.1, 0.15) is 37.9 Å². The first kappa shape index (κ1) is 25.5. The second-order valence-corrected chi connectivity index (χ2v) is 14.2. The fourth-order valence-electron chi connectivity index (χ4n) is 4.60. The lowest BCUT2D eigenvalue weighted by Crippen LogP contribution is -2.38. The Kier molecular flexibility index (Phi) is 7.67. The number of fused-ring (bicyclic) bond motifs is 1. The predicted octanol–water partition coefficient (Wildman–Crippen LogP) is 6.74. The summed E-state index contributed by atoms with van der Waals surface area (Å²) in [6.45, 7) is 6.05. The van der Waals surface area contributed by atoms with Gasteiger partial charge >= 0.3 is 0 Å². The van der Waals surface area contributed by atoms with Crippen molar-refractivity contribution in [3.8, 4) is 0 Å². The van der Waals surface area contributed by atoms with Crippen molar-refractivity contribution < 1.29 is 4.21 Å². The Morgan fingerprint density at radius 3 is 1.78 bits per heavy atom. The van der Waals surface area contributed by atoms with Crippen LogP contribution < -0.4 is 20.6 Å². The Balaban J connectivity index is 1.75. The van der Waals surface area contributed by atoms with Gasteiger partial charge in [-0.15, -0.1) is 0 Å². The van der Waals surface area contributed by atoms with Crippen LogP contribution in [0.3, 0.4) is 0 Å². The Morgan fingerprint density at radius 1 is 0.622 bits per heavy atom. The summed E-state index contributed by atoms with van der Waals surface area (Å²) in [4.78, 5) is 0. The molecule has 0 amide bonds. The molecule has 1 N–H and O–H groups in total. The average molecular weight is 522 g/mol. The molecule has 0 radical (unpaired) electrons. The Labute approximate surface area is 224 Å². The van der Waals surface area contributed by atoms with Gasteiger partial charge in [-0.2, -0.15) is 0 Å². The van der Waals surface area contributed by atoms with E-state index in [1.807, 2.05) is 20.8 Å². The van der Waals surface area contributed by atoms with Crippen molar-refractivity contribution in [3.05, 3.63) is 139 Å². The summed E-state index contributed by atoms with van der Waals surface area (Å²) >= 11 is 0. The summed E-state index contributed by atoms with van der Waals surface area (Å²) in [6.07, 6.45) is 0. The van der Waals surface area contributed by atoms with Gasteiger partial charge in [-0.1, -0.05) is 127 Å². The van der Waals surface area contributed by atoms with Gasteiger partial charge in [-0.3, -0.25) is 0 Å². The molecule has 0 bridgehead atoms. The fourth-order valence-corrected chi connectivity index (χ4v) is 7.91. The van der Waals surface area contributed by atoms with Gasteiger partial charge in [-0.05, 0) is 66.5 Å². The number of hydrogen-bond acceptors (Lipinski definition) is 1. The third-order valence-corrected chi connectivity index (χ3v) is 10.5. The minimum absolute atomic E-state index is 0.236. The van der Waals surface area contributed by atoms with Crippen LogP contribution in [0.5, 0.6) is 0 Å². The van der Waals surface area contributed by atoms with E-state index >= 15 is 0 Å². The zero-order chi connectivity index (χ0) is 25.8. The highest BCUT2D eigenvalue weighted by Crippen LogP contribution is 2.38. The molecule has 4 heteroatoms. The molecular formula is C33H32NOPS. The summed E-state index contributed by atoms with van der Waals surface area (Å²) in [5, 5.41) is 6.21. The summed E-state index contributed by atoms with van der Waals surface area (Å²) in [5.41, 5.74) is 2.30. The minimum atomic E-state index is -1.26. The molecule has 5 rings (SSSR count). The maximum Gasteiger partial charge on any atom is 0.0979 e. The highest BCUT2D eigenvalue weighted by atomic mass is 32.2. The van der Waals surface area contributed by atoms with Gasteiger partial charge in [0.15, 0.2) is 0 Å². The Morgan fingerprint density at radius 2 is 1.14 bits per heavy atom. The van der Waals surface area contributed by atoms with Crippen LogP contribution in [0.4, 0.5) is 0 Å². The highest BCUT2D eigenvalue weighted by Gasteiger charge is 2.29. The normalized spacial score (nSPS) is 13.5. The van der Waals surface area contributed by atoms with E-state index in [2.05, 4.69) is 132 Å². The SMILES string of the molecule is CC(C)(C)S(=O)NC(c1ccccc1P(c1ccccc1)c1ccccc1)c1cccc2ccccc12. The monoisotopic (exact) mass is 521 g/mol. The van der Waals surface area contributed by atoms with Gasteiger partial charge < -0.3 is 0 Å². The van der Waals surface area contributed by atoms with Crippen molar-refractivity contribution in [2.75, 3.05) is 0 Å². The molecule has 0 fully saturated rings. The van der Waals surface area contributed by atoms with Crippen molar-refractivity contribution >= 4 is 45.6 Å². The second kappa shape index (κ2) is 11.1. The standard InChI is InChI=1S/C33H32NOPS/c1-33(2,3)37(35)34-32(29-23-14-16-25-15-10-11-21-28(25)29)30-22-12-13-24-31(30)36(26-17-6-4-7-18-26)27-19-8-5-9-20-27/h4-24,32,34H,1-3H3. The smallest absolute Gasteiger partial charge is 0.0979 e. The maximum absolute atomic E-state index is 13.6. The summed E-state index contributed by atoms with van der Waals surface area (Å²) in [5.74, 6) is 0. The lowest BCUT2D eigenvalue weighted by atomic mass is 9.94. The average Bonchev–Trinajstić information content (AvgIpc) is 2.93. The van der Waals surface area contributed by atoms with Crippen LogP contribution in [0, 0.1) is 0 Å². The van der Waals surface area contributed by atoms with Crippen LogP contribution in [-0.2, 0) is 11.0 Å². The van der Waals surface area contributed by atoms with Crippen LogP contribution in [0.2, 0.25) is 0 Å². The molecule has 0 aliphatic heterocycles. The topological polar surface area (TPSA) is 29.1 Å². The summed E-state index contributed by atoms with van der Waals surface area (Å²) in [7, 11) is -2.09. The molecule has 2 unspecified atom stereocenters. The van der Waals surface area contributed by atoms with Gasteiger partial charge in [-0.25, -0.2) is 8.93 Å². The number of rotatable bonds is 7. The van der Waals surface area contributed by atoms with Crippen LogP contribution in [0.25, 0.3) is 10.8 Å². The van der Waals surface area contributed by atoms with Gasteiger partial charge in [0.05, 0.1) is 21.8 Å². The molecule has 5 aromatic carbocycles. The molecule has 186 valence electrons. The van der Waals surface area contributed by atoms with Crippen molar-refractivity contribution in [2.24, 2.45) is 0 Å². The van der Waals surface area contributed by atoms with E-state index in [4.69, 9.17) is 0 Å². The van der Waals surface area contributed by atoms with Crippen LogP contribution in [0.15, 0.2) is 127 Å². The third-order valence-electron chi connectivity index (χ3n) is 6.43. The molecule has 2 nitrogen and oxygen atoms in total. The second-order valence-electron chi connectivity index (χ2n) is 10.1. The van der Waals surface area contributed by atoms with Crippen molar-refractivity contribution in [1.82, 2.24) is 4.72 Å². The van der Waals surface area contributed by atoms with Crippen molar-refractivity contribution in [3.63, 3.8) is 0 Å². The third kappa shape index (κ3) is 5.60. The number of benzene rings is 5. The van der Waals surface area contributed by atoms with Gasteiger partial charge in [0, 0.05) is 0 Å². The van der Waals surface area contributed by atoms with E-state index in [-0.39, 0.29) is 6.04 Å². The van der Waals surface area contributed by atoms with E-state index in [9.17, 15) is 4.21 Å². The number of hydrogen-bond donors (Lipinski definition) is 1. The van der Waals surface area contributed by atoms with E-state index < -0.39 is 23.7 Å². The molecular weight excluding hydrogens is 489 g/mol. The molecule has 2 atom stereocenters. The minimum Gasteiger partial charge on any atom is -0.242 e. The first-order valence-electron chi connectivity index (χ1n) is 12.6. The van der Waals surface area contributed by atoms with Crippen molar-refractivity contribution in [2.45, 2.75) is 31.6 Å². The Bertz CT molecular complexity index is 1470. The first-order chi connectivity index (χ1) is 17.9. The fraction of sp³-hybridized carbons (Fsp3) is 0.152. The molecule has 0 aliphatic rings. The lowest BCUT2D eigenvalue weighted by molar-refractivity contribution is 0.624. The molecule has 0 aliphatic carbocycles. The summed E-state index contributed by atoms with van der Waals surface area (Å²) in [6, 6.07) is 44.8. The van der Waals surface area contributed by atoms with Crippen LogP contribution in [-0.4, -0.2) is 8.96 Å². The molecule has 0 aromatic heterocycles. The molecule has 0 spiro atoms. The lowest BCUT2D eigenvalue weighted by Gasteiger charge is -2.30. The van der Waals surface area contributed by atoms with E-state index in [0.717, 1.165) is 11.1 Å². The molecule has 5 aromatic rings. The molecule has 37 heavy (non-hydrogen) atoms. The number of nitrogens with one attached hydrogen (secondary N) is 1. The summed E-state index contributed by atoms with van der Waals surface area (Å²) < 4.78 is 16.7. The zero-order valence-corrected chi connectivity index (χ0v) is 23.2. The quantitative estimate of drug-likeness (QED) is 0.236. The molecule has 0 saturated heterocycles. The largest absolute Gasteiger partial charge is 0.242 e. The van der Waals surface area contributed by atoms with Gasteiger partial charge in [0.2, 0.25) is 0 Å². The maximum atomic E-state index is 13.6. The van der Waals surface area contributed by atoms with Gasteiger partial charge in [0.25, 0.3) is 0 Å². The van der Waals surface area contributed by atoms with E-state index in [0.29, 0.717) is 0 Å². The van der Waals surface area contributed by atoms with Crippen molar-refractivity contribution in [1.29, 1.82) is 0 Å². The zero-order valence-electron chi connectivity index (χ0n) is 21.5. The highest BCUT2D eigenvalue weighted by molar-refractivity contribution is 7.84. The van der Waals surface area contributed by atoms with Gasteiger partial charge in [0.1, 0.15) is 0 Å². The Hall–Kier alpha value is -3.10. The van der Waals surface area contributed by atoms with Crippen LogP contribution >= 0.6 is 7.92 Å². The van der Waals surface area contributed by atoms with E-state index in [1.165, 1.54) is 26.7 Å². The first-order valence-corrected chi connectivity index (χ1v) is 15.1. The molecule has 0 heterocycles. The molecule has 0 saturated carbocycles.